The molecule has 1 aliphatic rings. The summed E-state index contributed by atoms with van der Waals surface area (Å²) in [7, 11) is -8.73. The maximum absolute atomic E-state index is 6.64. The van der Waals surface area contributed by atoms with Crippen LogP contribution in [0.2, 0.25) is 51.4 Å². The van der Waals surface area contributed by atoms with E-state index in [2.05, 4.69) is 53.1 Å². The van der Waals surface area contributed by atoms with Gasteiger partial charge in [-0.3, -0.25) is 0 Å². The van der Waals surface area contributed by atoms with Crippen LogP contribution < -0.4 is 0 Å². The van der Waals surface area contributed by atoms with Gasteiger partial charge < -0.3 is 16.5 Å². The van der Waals surface area contributed by atoms with Crippen molar-refractivity contribution in [1.29, 1.82) is 0 Å². The highest BCUT2D eigenvalue weighted by Crippen LogP contribution is 2.34. The molecule has 0 radical (unpaired) electrons. The van der Waals surface area contributed by atoms with Crippen LogP contribution in [0.1, 0.15) is 26.7 Å². The molecule has 0 aromatic heterocycles. The Kier molecular flexibility index (Phi) is 6.05. The van der Waals surface area contributed by atoms with Gasteiger partial charge in [0.1, 0.15) is 0 Å². The molecule has 1 heterocycles. The first-order valence-electron chi connectivity index (χ1n) is 7.75. The molecule has 20 heavy (non-hydrogen) atoms. The zero-order chi connectivity index (χ0) is 15.7. The molecule has 1 fully saturated rings. The molecule has 0 bridgehead atoms. The van der Waals surface area contributed by atoms with Crippen molar-refractivity contribution in [1.82, 2.24) is 0 Å². The lowest BCUT2D eigenvalue weighted by Gasteiger charge is -2.48. The van der Waals surface area contributed by atoms with Gasteiger partial charge in [-0.05, 0) is 51.4 Å². The average Bonchev–Trinajstić information content (AvgIpc) is 2.09. The monoisotopic (exact) mass is 352 g/mol. The van der Waals surface area contributed by atoms with Crippen LogP contribution >= 0.6 is 0 Å². The van der Waals surface area contributed by atoms with E-state index >= 15 is 0 Å². The molecule has 0 spiro atoms. The molecule has 120 valence electrons. The van der Waals surface area contributed by atoms with Crippen molar-refractivity contribution in [2.24, 2.45) is 0 Å². The number of rotatable bonds is 4. The molecule has 0 aromatic rings. The summed E-state index contributed by atoms with van der Waals surface area (Å²) >= 11 is 0. The summed E-state index contributed by atoms with van der Waals surface area (Å²) in [4.78, 5) is 0. The molecular weight excluding hydrogens is 320 g/mol. The largest absolute Gasteiger partial charge is 0.416 e. The number of hydrogen-bond acceptors (Lipinski definition) is 4. The molecule has 4 nitrogen and oxygen atoms in total. The van der Waals surface area contributed by atoms with Crippen molar-refractivity contribution in [3.63, 3.8) is 0 Å². The summed E-state index contributed by atoms with van der Waals surface area (Å²) in [6.07, 6.45) is 2.18. The summed E-state index contributed by atoms with van der Waals surface area (Å²) in [5.41, 5.74) is 0. The van der Waals surface area contributed by atoms with Gasteiger partial charge >= 0.3 is 34.2 Å². The Bertz CT molecular complexity index is 309. The Balaban J connectivity index is 3.08. The van der Waals surface area contributed by atoms with Gasteiger partial charge in [0.05, 0.1) is 0 Å². The van der Waals surface area contributed by atoms with E-state index in [4.69, 9.17) is 16.5 Å². The lowest BCUT2D eigenvalue weighted by molar-refractivity contribution is 0.230. The molecular formula is C12H32O4Si4. The van der Waals surface area contributed by atoms with Gasteiger partial charge in [-0.2, -0.15) is 0 Å². The second-order valence-electron chi connectivity index (χ2n) is 6.98. The first-order chi connectivity index (χ1) is 8.95. The third-order valence-corrected chi connectivity index (χ3v) is 20.8. The molecule has 1 saturated heterocycles. The Hall–Kier alpha value is 0.708. The Morgan fingerprint density at radius 1 is 0.550 bits per heavy atom. The molecule has 0 amide bonds. The first-order valence-corrected chi connectivity index (χ1v) is 18.4. The summed E-state index contributed by atoms with van der Waals surface area (Å²) in [5, 5.41) is 0. The molecule has 8 heteroatoms. The van der Waals surface area contributed by atoms with E-state index in [0.717, 1.165) is 24.9 Å². The third kappa shape index (κ3) is 5.48. The summed E-state index contributed by atoms with van der Waals surface area (Å²) in [5.74, 6) is 0. The third-order valence-electron chi connectivity index (χ3n) is 3.26. The molecule has 1 rings (SSSR count). The van der Waals surface area contributed by atoms with Crippen LogP contribution in [0.3, 0.4) is 0 Å². The van der Waals surface area contributed by atoms with Crippen LogP contribution in [0.4, 0.5) is 0 Å². The normalized spacial score (nSPS) is 37.2. The molecule has 0 N–H and O–H groups in total. The lowest BCUT2D eigenvalue weighted by atomic mass is 10.6. The Labute approximate surface area is 129 Å². The van der Waals surface area contributed by atoms with Crippen LogP contribution in [0.5, 0.6) is 0 Å². The quantitative estimate of drug-likeness (QED) is 0.701. The zero-order valence-corrected chi connectivity index (χ0v) is 18.5. The Morgan fingerprint density at radius 2 is 0.900 bits per heavy atom. The standard InChI is InChI=1S/C12H32O4Si4/c1-9-11-19(7)14-17(3,4)13-18(5,6)15-20(8,16-19)12-10-2/h9-12H2,1-8H3. The van der Waals surface area contributed by atoms with E-state index in [1.165, 1.54) is 0 Å². The van der Waals surface area contributed by atoms with E-state index in [9.17, 15) is 0 Å². The minimum Gasteiger partial charge on any atom is -0.416 e. The molecule has 1 aliphatic heterocycles. The van der Waals surface area contributed by atoms with Crippen LogP contribution in [0.25, 0.3) is 0 Å². The van der Waals surface area contributed by atoms with Crippen molar-refractivity contribution in [2.75, 3.05) is 0 Å². The van der Waals surface area contributed by atoms with Gasteiger partial charge in [-0.25, -0.2) is 0 Å². The van der Waals surface area contributed by atoms with Gasteiger partial charge in [0, 0.05) is 0 Å². The lowest BCUT2D eigenvalue weighted by Crippen LogP contribution is -2.65. The zero-order valence-electron chi connectivity index (χ0n) is 14.5. The summed E-state index contributed by atoms with van der Waals surface area (Å²) < 4.78 is 26.0. The second-order valence-corrected chi connectivity index (χ2v) is 21.4. The molecule has 0 aliphatic carbocycles. The van der Waals surface area contributed by atoms with E-state index < -0.39 is 34.2 Å². The Morgan fingerprint density at radius 3 is 1.20 bits per heavy atom. The van der Waals surface area contributed by atoms with Crippen LogP contribution in [0, 0.1) is 0 Å². The fraction of sp³-hybridized carbons (Fsp3) is 1.00. The summed E-state index contributed by atoms with van der Waals surface area (Å²) in [6, 6.07) is 2.04. The average molecular weight is 353 g/mol. The van der Waals surface area contributed by atoms with Crippen LogP contribution in [-0.2, 0) is 16.5 Å². The fourth-order valence-electron chi connectivity index (χ4n) is 3.28. The molecule has 0 aromatic carbocycles. The van der Waals surface area contributed by atoms with Crippen molar-refractivity contribution < 1.29 is 16.5 Å². The van der Waals surface area contributed by atoms with Crippen molar-refractivity contribution in [3.05, 3.63) is 0 Å². The van der Waals surface area contributed by atoms with Crippen molar-refractivity contribution >= 4 is 34.2 Å². The van der Waals surface area contributed by atoms with Crippen LogP contribution in [0.15, 0.2) is 0 Å². The van der Waals surface area contributed by atoms with E-state index in [0.29, 0.717) is 0 Å². The smallest absolute Gasteiger partial charge is 0.317 e. The van der Waals surface area contributed by atoms with Crippen molar-refractivity contribution in [2.45, 2.75) is 78.1 Å². The SMILES string of the molecule is CCC[Si]1(C)O[Si](C)(C)O[Si](C)(C)O[Si](C)(CCC)O1. The van der Waals surface area contributed by atoms with Gasteiger partial charge in [0.2, 0.25) is 0 Å². The second kappa shape index (κ2) is 6.45. The number of hydrogen-bond donors (Lipinski definition) is 0. The van der Waals surface area contributed by atoms with E-state index in [-0.39, 0.29) is 0 Å². The summed E-state index contributed by atoms with van der Waals surface area (Å²) in [6.45, 7) is 17.3. The highest BCUT2D eigenvalue weighted by Gasteiger charge is 2.53. The molecule has 0 saturated carbocycles. The first kappa shape index (κ1) is 18.8. The minimum atomic E-state index is -2.19. The van der Waals surface area contributed by atoms with E-state index in [1.54, 1.807) is 0 Å². The van der Waals surface area contributed by atoms with Gasteiger partial charge in [-0.1, -0.05) is 26.7 Å². The van der Waals surface area contributed by atoms with Gasteiger partial charge in [-0.15, -0.1) is 0 Å². The maximum atomic E-state index is 6.64. The fourth-order valence-corrected chi connectivity index (χ4v) is 25.6. The maximum Gasteiger partial charge on any atom is 0.317 e. The topological polar surface area (TPSA) is 36.9 Å². The van der Waals surface area contributed by atoms with Crippen molar-refractivity contribution in [3.8, 4) is 0 Å². The highest BCUT2D eigenvalue weighted by atomic mass is 28.5. The highest BCUT2D eigenvalue weighted by molar-refractivity contribution is 6.93. The minimum absolute atomic E-state index is 1.02. The van der Waals surface area contributed by atoms with E-state index in [1.807, 2.05) is 0 Å². The van der Waals surface area contributed by atoms with Gasteiger partial charge in [0.25, 0.3) is 0 Å². The van der Waals surface area contributed by atoms with Crippen LogP contribution in [-0.4, -0.2) is 34.2 Å². The predicted molar refractivity (Wildman–Crippen MR) is 92.7 cm³/mol. The molecule has 2 atom stereocenters. The molecule has 2 unspecified atom stereocenters. The predicted octanol–water partition coefficient (Wildman–Crippen LogP) is 4.43. The van der Waals surface area contributed by atoms with Gasteiger partial charge in [0.15, 0.2) is 0 Å².